The third kappa shape index (κ3) is 7.48. The first kappa shape index (κ1) is 40.1. The van der Waals surface area contributed by atoms with Crippen molar-refractivity contribution < 1.29 is 44.8 Å². The minimum absolute atomic E-state index is 0. The predicted molar refractivity (Wildman–Crippen MR) is 206 cm³/mol. The summed E-state index contributed by atoms with van der Waals surface area (Å²) in [5, 5.41) is 5.99. The van der Waals surface area contributed by atoms with Gasteiger partial charge in [0.1, 0.15) is 16.1 Å². The van der Waals surface area contributed by atoms with Gasteiger partial charge < -0.3 is 31.9 Å². The third-order valence-electron chi connectivity index (χ3n) is 10.3. The molecule has 51 heavy (non-hydrogen) atoms. The van der Waals surface area contributed by atoms with E-state index in [1.165, 1.54) is 43.0 Å². The molecule has 0 atom stereocenters. The maximum atomic E-state index is 7.25. The summed E-state index contributed by atoms with van der Waals surface area (Å²) in [6.45, 7) is 18.3. The van der Waals surface area contributed by atoms with Crippen LogP contribution in [0.5, 0.6) is 0 Å². The molecule has 0 aliphatic carbocycles. The van der Waals surface area contributed by atoms with Crippen LogP contribution >= 0.6 is 0 Å². The monoisotopic (exact) mass is 1060 g/mol. The van der Waals surface area contributed by atoms with Crippen LogP contribution in [0.3, 0.4) is 0 Å². The van der Waals surface area contributed by atoms with Crippen molar-refractivity contribution in [3.63, 3.8) is 0 Å². The van der Waals surface area contributed by atoms with Crippen molar-refractivity contribution in [3.05, 3.63) is 144 Å². The number of aromatic nitrogens is 4. The molecule has 8 heteroatoms. The fraction of sp³-hybridized carbons (Fsp3) is 0.209. The van der Waals surface area contributed by atoms with Gasteiger partial charge in [-0.25, -0.2) is 0 Å². The van der Waals surface area contributed by atoms with E-state index in [4.69, 9.17) is 12.8 Å². The van der Waals surface area contributed by atoms with Gasteiger partial charge in [-0.2, -0.15) is 0 Å². The molecule has 0 spiro atoms. The van der Waals surface area contributed by atoms with Crippen LogP contribution in [0, 0.1) is 65.0 Å². The topological polar surface area (TPSA) is 35.6 Å². The minimum Gasteiger partial charge on any atom is -0.437 e. The quantitative estimate of drug-likeness (QED) is 0.117. The van der Waals surface area contributed by atoms with Crippen LogP contribution in [0.1, 0.15) is 33.9 Å². The van der Waals surface area contributed by atoms with Crippen LogP contribution in [0.15, 0.2) is 84.9 Å². The third-order valence-corrected chi connectivity index (χ3v) is 17.4. The van der Waals surface area contributed by atoms with Gasteiger partial charge in [0.15, 0.2) is 0 Å². The molecule has 2 aliphatic heterocycles. The second-order valence-electron chi connectivity index (χ2n) is 13.9. The summed E-state index contributed by atoms with van der Waals surface area (Å²) >= 11 is 0. The molecule has 4 aromatic carbocycles. The minimum atomic E-state index is -1.51. The van der Waals surface area contributed by atoms with Crippen molar-refractivity contribution >= 4 is 36.9 Å². The van der Waals surface area contributed by atoms with Crippen LogP contribution in [-0.2, 0) is 51.4 Å². The Morgan fingerprint density at radius 1 is 0.549 bits per heavy atom. The molecule has 0 N–H and O–H groups in total. The summed E-state index contributed by atoms with van der Waals surface area (Å²) in [4.78, 5) is 8.28. The van der Waals surface area contributed by atoms with Crippen molar-refractivity contribution in [1.82, 2.24) is 19.1 Å². The summed E-state index contributed by atoms with van der Waals surface area (Å²) < 4.78 is 3.94. The van der Waals surface area contributed by atoms with E-state index in [1.807, 2.05) is 49.0 Å². The number of aryl methyl sites for hydroxylation is 2. The second kappa shape index (κ2) is 15.9. The van der Waals surface area contributed by atoms with Crippen LogP contribution in [-0.4, -0.2) is 35.2 Å². The Labute approximate surface area is 337 Å². The molecule has 8 rings (SSSR count). The predicted octanol–water partition coefficient (Wildman–Crippen LogP) is 6.27. The fourth-order valence-electron chi connectivity index (χ4n) is 6.99. The molecule has 0 unspecified atom stereocenters. The van der Waals surface area contributed by atoms with Gasteiger partial charge in [0, 0.05) is 57.4 Å². The SMILES string of the molecule is Cc1n[c-]n(Cn2[c-]nc(C)c2C)c1C.[Au].[Au].[C-]#Cc1ccc2c(c1)-c1ccccc1[Si]2(C)C.[C-]#Cc1ccc2c(c1)-c1ccccc1[Si]2(C)C. The standard InChI is InChI=1S/2C16H13Si.C11H14N4.2Au/c2*1-4-12-9-10-16-14(11-12)13-7-5-6-8-15(13)17(16,2)3;1-8-10(3)14(5-12-8)7-15-6-13-9(2)11(15)4;;/h2*5-11H,2-3H3;7H2,1-4H3;;/q2*-1;-2;;. The molecule has 4 heterocycles. The zero-order valence-electron chi connectivity index (χ0n) is 30.2. The Morgan fingerprint density at radius 2 is 0.902 bits per heavy atom. The van der Waals surface area contributed by atoms with Crippen molar-refractivity contribution in [2.75, 3.05) is 0 Å². The Hall–Kier alpha value is -3.67. The van der Waals surface area contributed by atoms with Crippen LogP contribution in [0.2, 0.25) is 26.2 Å². The average molecular weight is 1060 g/mol. The molecule has 0 amide bonds. The van der Waals surface area contributed by atoms with E-state index in [2.05, 4.69) is 133 Å². The average Bonchev–Trinajstić information content (AvgIpc) is 3.76. The van der Waals surface area contributed by atoms with Crippen molar-refractivity contribution in [1.29, 1.82) is 0 Å². The van der Waals surface area contributed by atoms with E-state index >= 15 is 0 Å². The van der Waals surface area contributed by atoms with E-state index in [9.17, 15) is 0 Å². The molecule has 6 aromatic rings. The Kier molecular flexibility index (Phi) is 12.5. The molecule has 0 saturated heterocycles. The van der Waals surface area contributed by atoms with Gasteiger partial charge in [-0.15, -0.1) is 46.8 Å². The number of benzene rings is 4. The number of imidazole rings is 2. The van der Waals surface area contributed by atoms with Crippen LogP contribution in [0.25, 0.3) is 22.3 Å². The molecule has 266 valence electrons. The first-order valence-corrected chi connectivity index (χ1v) is 22.6. The number of hydrogen-bond acceptors (Lipinski definition) is 2. The maximum absolute atomic E-state index is 7.25. The van der Waals surface area contributed by atoms with Gasteiger partial charge >= 0.3 is 0 Å². The summed E-state index contributed by atoms with van der Waals surface area (Å²) in [7, 11) is -3.01. The second-order valence-corrected chi connectivity index (χ2v) is 22.5. The normalized spacial score (nSPS) is 13.1. The Morgan fingerprint density at radius 3 is 1.24 bits per heavy atom. The Bertz CT molecular complexity index is 2140. The summed E-state index contributed by atoms with van der Waals surface area (Å²) in [5.74, 6) is 4.96. The molecule has 2 aliphatic rings. The molecule has 0 bridgehead atoms. The van der Waals surface area contributed by atoms with Crippen molar-refractivity contribution in [3.8, 4) is 34.1 Å². The van der Waals surface area contributed by atoms with E-state index < -0.39 is 16.1 Å². The molecule has 4 nitrogen and oxygen atoms in total. The van der Waals surface area contributed by atoms with Crippen LogP contribution < -0.4 is 20.7 Å². The van der Waals surface area contributed by atoms with Crippen molar-refractivity contribution in [2.24, 2.45) is 0 Å². The summed E-state index contributed by atoms with van der Waals surface area (Å²) in [6.07, 6.45) is 20.4. The molecular formula is C43H40Au2N4Si2-4. The summed E-state index contributed by atoms with van der Waals surface area (Å²) in [6, 6.07) is 30.0. The van der Waals surface area contributed by atoms with E-state index in [0.717, 1.165) is 33.9 Å². The number of nitrogens with zero attached hydrogens (tertiary/aromatic N) is 4. The zero-order valence-corrected chi connectivity index (χ0v) is 36.5. The fourth-order valence-corrected chi connectivity index (χ4v) is 13.1. The Balaban J connectivity index is 0.000000169. The molecule has 2 radical (unpaired) electrons. The van der Waals surface area contributed by atoms with Gasteiger partial charge in [0.25, 0.3) is 0 Å². The first-order chi connectivity index (χ1) is 23.4. The maximum Gasteiger partial charge on any atom is 0.113 e. The molecule has 2 aromatic heterocycles. The molecule has 0 saturated carbocycles. The first-order valence-electron chi connectivity index (χ1n) is 16.6. The largest absolute Gasteiger partial charge is 0.437 e. The number of fused-ring (bicyclic) bond motifs is 6. The van der Waals surface area contributed by atoms with Gasteiger partial charge in [0.05, 0.1) is 6.67 Å². The van der Waals surface area contributed by atoms with E-state index in [0.29, 0.717) is 6.67 Å². The smallest absolute Gasteiger partial charge is 0.113 e. The number of hydrogen-bond donors (Lipinski definition) is 0. The number of rotatable bonds is 2. The van der Waals surface area contributed by atoms with Crippen LogP contribution in [0.4, 0.5) is 0 Å². The molecular weight excluding hydrogens is 1020 g/mol. The van der Waals surface area contributed by atoms with Crippen molar-refractivity contribution in [2.45, 2.75) is 60.6 Å². The molecule has 0 fully saturated rings. The summed E-state index contributed by atoms with van der Waals surface area (Å²) in [5.41, 5.74) is 11.4. The van der Waals surface area contributed by atoms with Gasteiger partial charge in [0.2, 0.25) is 0 Å². The van der Waals surface area contributed by atoms with Gasteiger partial charge in [-0.3, -0.25) is 11.8 Å². The zero-order chi connectivity index (χ0) is 35.1. The van der Waals surface area contributed by atoms with Gasteiger partial charge in [-0.1, -0.05) is 126 Å². The van der Waals surface area contributed by atoms with Gasteiger partial charge in [-0.05, 0) is 43.0 Å². The van der Waals surface area contributed by atoms with E-state index in [-0.39, 0.29) is 44.8 Å². The van der Waals surface area contributed by atoms with E-state index in [1.54, 1.807) is 0 Å².